The first-order chi connectivity index (χ1) is 28.1. The van der Waals surface area contributed by atoms with Crippen molar-refractivity contribution in [3.8, 4) is 50.6 Å². The second kappa shape index (κ2) is 16.4. The summed E-state index contributed by atoms with van der Waals surface area (Å²) in [5, 5.41) is 0. The average Bonchev–Trinajstić information content (AvgIpc) is 3.73. The van der Waals surface area contributed by atoms with Crippen LogP contribution < -0.4 is 4.40 Å². The molecule has 0 saturated heterocycles. The number of hydrogen-bond acceptors (Lipinski definition) is 2. The molecule has 0 unspecified atom stereocenters. The molecule has 8 aromatic rings. The summed E-state index contributed by atoms with van der Waals surface area (Å²) >= 11 is -2.24. The van der Waals surface area contributed by atoms with Gasteiger partial charge in [-0.3, -0.25) is 4.98 Å². The van der Waals surface area contributed by atoms with E-state index in [0.29, 0.717) is 0 Å². The van der Waals surface area contributed by atoms with E-state index in [1.807, 2.05) is 63.4 Å². The average molecular weight is 997 g/mol. The number of para-hydroxylation sites is 2. The fraction of sp³-hybridized carbons (Fsp3) is 0.208. The van der Waals surface area contributed by atoms with Gasteiger partial charge in [-0.15, -0.1) is 29.3 Å². The van der Waals surface area contributed by atoms with Gasteiger partial charge in [0.15, 0.2) is 0 Å². The Kier molecular flexibility index (Phi) is 10.9. The van der Waals surface area contributed by atoms with Crippen LogP contribution in [-0.2, 0) is 31.9 Å². The number of rotatable bonds is 6. The molecule has 1 aliphatic carbocycles. The molecule has 6 aromatic carbocycles. The molecule has 0 bridgehead atoms. The van der Waals surface area contributed by atoms with Gasteiger partial charge >= 0.3 is 135 Å². The van der Waals surface area contributed by atoms with Crippen molar-refractivity contribution in [2.45, 2.75) is 63.7 Å². The quantitative estimate of drug-likeness (QED) is 0.123. The van der Waals surface area contributed by atoms with Crippen molar-refractivity contribution in [1.29, 1.82) is 0 Å². The third kappa shape index (κ3) is 8.34. The molecule has 0 atom stereocenters. The van der Waals surface area contributed by atoms with Crippen LogP contribution in [0.5, 0.6) is 0 Å². The van der Waals surface area contributed by atoms with Crippen LogP contribution >= 0.6 is 0 Å². The summed E-state index contributed by atoms with van der Waals surface area (Å²) in [5.41, 5.74) is 13.9. The molecule has 5 heteroatoms. The third-order valence-corrected chi connectivity index (χ3v) is 15.0. The number of imidazole rings is 1. The number of fused-ring (bicyclic) bond motifs is 4. The SMILES string of the molecule is CC1(C)c2c[c-]c(-c3nc4ccccc4n3-c3ccc(-c4ccccc4)cc3)cc2-c2ccccc21.[2H]C([2H])(c1cc(-c2[c-]cccc2)nc[c]1[Ge]([CH3])([CH3])[CH3])C(C)(C)C.[Ir]. The zero-order valence-corrected chi connectivity index (χ0v) is 39.1. The normalized spacial score (nSPS) is 13.7. The van der Waals surface area contributed by atoms with E-state index in [1.54, 1.807) is 0 Å². The summed E-state index contributed by atoms with van der Waals surface area (Å²) in [6.07, 6.45) is 0.502. The van der Waals surface area contributed by atoms with Crippen LogP contribution in [0.3, 0.4) is 0 Å². The van der Waals surface area contributed by atoms with Gasteiger partial charge in [-0.2, -0.15) is 0 Å². The number of aromatic nitrogens is 3. The maximum atomic E-state index is 8.76. The van der Waals surface area contributed by atoms with E-state index < -0.39 is 25.1 Å². The Morgan fingerprint density at radius 1 is 0.707 bits per heavy atom. The standard InChI is InChI=1S/C34H25N2.C19H26GeN.Ir/c1-34(2)29-13-7-6-12-27(29)28-22-25(18-21-30(28)34)33-35-31-14-8-9-15-32(31)36(33)26-19-16-24(17-20-26)23-10-4-3-5-11-23;1-19(2,3)13-16-12-18(15-10-8-7-9-11-15)21-14-17(16)20(4,5)6;/h3-17,19-22H,1-2H3;7-10,12,14H,13H2,1-6H3;/q2*-1;/i;13D2;. The molecule has 0 saturated carbocycles. The Balaban J connectivity index is 0.000000198. The van der Waals surface area contributed by atoms with Crippen molar-refractivity contribution in [1.82, 2.24) is 14.5 Å². The minimum Gasteiger partial charge on any atom is 0 e. The molecular formula is C53H51GeIrN3-2. The van der Waals surface area contributed by atoms with E-state index in [1.165, 1.54) is 33.4 Å². The van der Waals surface area contributed by atoms with Crippen molar-refractivity contribution in [3.05, 3.63) is 181 Å². The predicted molar refractivity (Wildman–Crippen MR) is 243 cm³/mol. The Morgan fingerprint density at radius 3 is 2.09 bits per heavy atom. The zero-order chi connectivity index (χ0) is 41.7. The van der Waals surface area contributed by atoms with Crippen LogP contribution in [0, 0.1) is 17.5 Å². The number of nitrogens with zero attached hydrogens (tertiary/aromatic N) is 3. The Hall–Kier alpha value is -4.87. The van der Waals surface area contributed by atoms with Crippen LogP contribution in [0.2, 0.25) is 17.3 Å². The van der Waals surface area contributed by atoms with Crippen molar-refractivity contribution in [2.75, 3.05) is 0 Å². The molecule has 0 amide bonds. The van der Waals surface area contributed by atoms with E-state index in [4.69, 9.17) is 7.73 Å². The van der Waals surface area contributed by atoms with E-state index in [0.717, 1.165) is 49.3 Å². The molecule has 0 fully saturated rings. The van der Waals surface area contributed by atoms with Gasteiger partial charge in [0.25, 0.3) is 0 Å². The number of hydrogen-bond donors (Lipinski definition) is 0. The first kappa shape index (κ1) is 38.6. The maximum absolute atomic E-state index is 8.76. The fourth-order valence-electron chi connectivity index (χ4n) is 7.93. The maximum Gasteiger partial charge on any atom is 0 e. The third-order valence-electron chi connectivity index (χ3n) is 10.8. The van der Waals surface area contributed by atoms with Crippen molar-refractivity contribution in [3.63, 3.8) is 0 Å². The molecule has 0 N–H and O–H groups in total. The molecular weight excluding hydrogens is 943 g/mol. The smallest absolute Gasteiger partial charge is 0 e. The summed E-state index contributed by atoms with van der Waals surface area (Å²) in [6.45, 7) is 10.5. The molecule has 0 spiro atoms. The minimum atomic E-state index is -2.24. The minimum absolute atomic E-state index is 0. The van der Waals surface area contributed by atoms with Gasteiger partial charge in [-0.05, 0) is 51.9 Å². The second-order valence-corrected chi connectivity index (χ2v) is 28.1. The van der Waals surface area contributed by atoms with E-state index >= 15 is 0 Å². The van der Waals surface area contributed by atoms with Crippen molar-refractivity contribution in [2.24, 2.45) is 5.41 Å². The first-order valence-electron chi connectivity index (χ1n) is 20.8. The fourth-order valence-corrected chi connectivity index (χ4v) is 10.9. The Labute approximate surface area is 364 Å². The van der Waals surface area contributed by atoms with E-state index in [9.17, 15) is 0 Å². The Bertz CT molecular complexity index is 2780. The van der Waals surface area contributed by atoms with Gasteiger partial charge in [0.05, 0.1) is 16.9 Å². The van der Waals surface area contributed by atoms with E-state index in [-0.39, 0.29) is 25.5 Å². The number of benzene rings is 6. The van der Waals surface area contributed by atoms with E-state index in [2.05, 4.69) is 162 Å². The van der Waals surface area contributed by atoms with Crippen molar-refractivity contribution >= 4 is 28.7 Å². The van der Waals surface area contributed by atoms with Gasteiger partial charge in [0, 0.05) is 25.8 Å². The molecule has 1 aliphatic rings. The summed E-state index contributed by atoms with van der Waals surface area (Å²) in [7, 11) is 0. The molecule has 58 heavy (non-hydrogen) atoms. The summed E-state index contributed by atoms with van der Waals surface area (Å²) in [4.78, 5) is 9.71. The topological polar surface area (TPSA) is 30.7 Å². The van der Waals surface area contributed by atoms with Crippen LogP contribution in [0.1, 0.15) is 54.1 Å². The summed E-state index contributed by atoms with van der Waals surface area (Å²) in [5.74, 6) is 7.77. The largest absolute Gasteiger partial charge is 0 e. The monoisotopic (exact) mass is 998 g/mol. The van der Waals surface area contributed by atoms with Crippen LogP contribution in [-0.4, -0.2) is 27.8 Å². The molecule has 293 valence electrons. The molecule has 9 rings (SSSR count). The molecule has 2 aromatic heterocycles. The van der Waals surface area contributed by atoms with Gasteiger partial charge in [0.1, 0.15) is 0 Å². The Morgan fingerprint density at radius 2 is 1.38 bits per heavy atom. The first-order valence-corrected chi connectivity index (χ1v) is 27.2. The molecule has 3 nitrogen and oxygen atoms in total. The zero-order valence-electron chi connectivity index (χ0n) is 36.6. The van der Waals surface area contributed by atoms with Crippen LogP contribution in [0.15, 0.2) is 152 Å². The summed E-state index contributed by atoms with van der Waals surface area (Å²) < 4.78 is 20.9. The molecule has 1 radical (unpaired) electrons. The predicted octanol–water partition coefficient (Wildman–Crippen LogP) is 13.1. The molecule has 0 aliphatic heterocycles. The summed E-state index contributed by atoms with van der Waals surface area (Å²) in [6, 6.07) is 57.3. The second-order valence-electron chi connectivity index (χ2n) is 17.5. The van der Waals surface area contributed by atoms with Crippen LogP contribution in [0.4, 0.5) is 0 Å². The van der Waals surface area contributed by atoms with Gasteiger partial charge < -0.3 is 4.57 Å². The van der Waals surface area contributed by atoms with Gasteiger partial charge in [-0.1, -0.05) is 98.3 Å². The van der Waals surface area contributed by atoms with Crippen LogP contribution in [0.25, 0.3) is 61.6 Å². The molecule has 2 heterocycles. The van der Waals surface area contributed by atoms with Gasteiger partial charge in [-0.25, -0.2) is 0 Å². The van der Waals surface area contributed by atoms with Crippen molar-refractivity contribution < 1.29 is 22.8 Å². The van der Waals surface area contributed by atoms with Gasteiger partial charge in [0.2, 0.25) is 0 Å². The number of pyridine rings is 1.